The number of hydrogen-bond donors (Lipinski definition) is 0. The van der Waals surface area contributed by atoms with Gasteiger partial charge in [0, 0.05) is 0 Å². The van der Waals surface area contributed by atoms with Crippen LogP contribution in [0.15, 0.2) is 36.0 Å². The fourth-order valence-electron chi connectivity index (χ4n) is 3.67. The largest absolute Gasteiger partial charge is 0.468 e. The van der Waals surface area contributed by atoms with E-state index in [0.717, 1.165) is 5.57 Å². The van der Waals surface area contributed by atoms with E-state index in [1.807, 2.05) is 13.0 Å². The first-order chi connectivity index (χ1) is 14.7. The van der Waals surface area contributed by atoms with E-state index in [4.69, 9.17) is 18.9 Å². The van der Waals surface area contributed by atoms with Crippen molar-refractivity contribution in [3.8, 4) is 0 Å². The molecule has 0 aromatic rings. The molecule has 0 saturated heterocycles. The van der Waals surface area contributed by atoms with E-state index in [0.29, 0.717) is 12.8 Å². The van der Waals surface area contributed by atoms with Crippen LogP contribution >= 0.6 is 0 Å². The van der Waals surface area contributed by atoms with E-state index in [1.54, 1.807) is 24.3 Å². The maximum absolute atomic E-state index is 12.5. The van der Waals surface area contributed by atoms with Crippen LogP contribution in [0.2, 0.25) is 0 Å². The fraction of sp³-hybridized carbons (Fsp3) is 0.565. The molecule has 1 aliphatic rings. The Labute approximate surface area is 183 Å². The lowest BCUT2D eigenvalue weighted by molar-refractivity contribution is -0.171. The third-order valence-corrected chi connectivity index (χ3v) is 5.63. The topological polar surface area (TPSA) is 105 Å². The summed E-state index contributed by atoms with van der Waals surface area (Å²) in [4.78, 5) is 50.1. The molecule has 0 atom stereocenters. The highest BCUT2D eigenvalue weighted by Gasteiger charge is 2.48. The molecule has 0 radical (unpaired) electrons. The van der Waals surface area contributed by atoms with E-state index in [2.05, 4.69) is 0 Å². The smallest absolute Gasteiger partial charge is 0.323 e. The molecule has 8 heteroatoms. The van der Waals surface area contributed by atoms with E-state index in [9.17, 15) is 19.2 Å². The number of esters is 4. The van der Waals surface area contributed by atoms with Crippen molar-refractivity contribution >= 4 is 23.9 Å². The van der Waals surface area contributed by atoms with Crippen molar-refractivity contribution in [2.24, 2.45) is 10.8 Å². The van der Waals surface area contributed by atoms with Crippen LogP contribution < -0.4 is 0 Å². The highest BCUT2D eigenvalue weighted by Crippen LogP contribution is 2.36. The van der Waals surface area contributed by atoms with Gasteiger partial charge in [-0.3, -0.25) is 19.2 Å². The molecule has 0 aromatic carbocycles. The van der Waals surface area contributed by atoms with Gasteiger partial charge in [0.15, 0.2) is 10.8 Å². The first-order valence-corrected chi connectivity index (χ1v) is 10.0. The molecule has 8 nitrogen and oxygen atoms in total. The second-order valence-corrected chi connectivity index (χ2v) is 7.48. The number of ether oxygens (including phenoxy) is 4. The summed E-state index contributed by atoms with van der Waals surface area (Å²) in [6.45, 7) is 1.86. The summed E-state index contributed by atoms with van der Waals surface area (Å²) in [5, 5.41) is 0. The number of allylic oxidation sites excluding steroid dienone is 6. The van der Waals surface area contributed by atoms with Gasteiger partial charge in [0.05, 0.1) is 28.4 Å². The Morgan fingerprint density at radius 1 is 0.710 bits per heavy atom. The minimum absolute atomic E-state index is 0.0860. The molecule has 0 aromatic heterocycles. The second kappa shape index (κ2) is 12.1. The maximum atomic E-state index is 12.5. The van der Waals surface area contributed by atoms with Gasteiger partial charge in [0.25, 0.3) is 0 Å². The number of carbonyl (C=O) groups is 4. The van der Waals surface area contributed by atoms with Crippen molar-refractivity contribution in [3.05, 3.63) is 36.0 Å². The summed E-state index contributed by atoms with van der Waals surface area (Å²) in [5.74, 6) is -2.60. The second-order valence-electron chi connectivity index (χ2n) is 7.48. The average molecular weight is 437 g/mol. The van der Waals surface area contributed by atoms with Crippen LogP contribution in [-0.4, -0.2) is 52.3 Å². The van der Waals surface area contributed by atoms with Crippen LogP contribution in [0.5, 0.6) is 0 Å². The zero-order valence-electron chi connectivity index (χ0n) is 18.9. The Hall–Kier alpha value is -2.90. The van der Waals surface area contributed by atoms with Crippen molar-refractivity contribution in [1.29, 1.82) is 0 Å². The lowest BCUT2D eigenvalue weighted by Gasteiger charge is -2.28. The van der Waals surface area contributed by atoms with Crippen molar-refractivity contribution in [2.45, 2.75) is 45.4 Å². The molecule has 0 aliphatic heterocycles. The Bertz CT molecular complexity index is 728. The number of methoxy groups -OCH3 is 4. The van der Waals surface area contributed by atoms with Crippen LogP contribution in [-0.2, 0) is 38.1 Å². The summed E-state index contributed by atoms with van der Waals surface area (Å²) < 4.78 is 19.6. The summed E-state index contributed by atoms with van der Waals surface area (Å²) >= 11 is 0. The monoisotopic (exact) mass is 436 g/mol. The van der Waals surface area contributed by atoms with E-state index >= 15 is 0 Å². The lowest BCUT2D eigenvalue weighted by atomic mass is 9.77. The maximum Gasteiger partial charge on any atom is 0.323 e. The molecule has 0 fully saturated rings. The zero-order valence-corrected chi connectivity index (χ0v) is 18.9. The van der Waals surface area contributed by atoms with Gasteiger partial charge in [-0.15, -0.1) is 0 Å². The summed E-state index contributed by atoms with van der Waals surface area (Å²) in [7, 11) is 4.96. The SMILES string of the molecule is COC(=O)C1(C(=O)OC)C/C=C/C=C/CC(C(=O)OC)(C(=O)OC)CC/C(C)=C/CC1. The average Bonchev–Trinajstić information content (AvgIpc) is 2.79. The normalized spacial score (nSPS) is 22.4. The molecule has 0 spiro atoms. The van der Waals surface area contributed by atoms with Crippen LogP contribution in [0.3, 0.4) is 0 Å². The minimum Gasteiger partial charge on any atom is -0.468 e. The van der Waals surface area contributed by atoms with Gasteiger partial charge in [-0.1, -0.05) is 36.0 Å². The van der Waals surface area contributed by atoms with Gasteiger partial charge < -0.3 is 18.9 Å². The molecule has 1 aliphatic carbocycles. The highest BCUT2D eigenvalue weighted by molar-refractivity contribution is 6.00. The first kappa shape index (κ1) is 26.1. The zero-order chi connectivity index (χ0) is 23.5. The van der Waals surface area contributed by atoms with Gasteiger partial charge in [0.1, 0.15) is 0 Å². The van der Waals surface area contributed by atoms with Gasteiger partial charge in [-0.2, -0.15) is 0 Å². The van der Waals surface area contributed by atoms with E-state index in [1.165, 1.54) is 28.4 Å². The van der Waals surface area contributed by atoms with Gasteiger partial charge >= 0.3 is 23.9 Å². The molecule has 31 heavy (non-hydrogen) atoms. The van der Waals surface area contributed by atoms with Crippen LogP contribution in [0.4, 0.5) is 0 Å². The predicted molar refractivity (Wildman–Crippen MR) is 113 cm³/mol. The minimum atomic E-state index is -1.45. The van der Waals surface area contributed by atoms with Crippen LogP contribution in [0, 0.1) is 10.8 Å². The first-order valence-electron chi connectivity index (χ1n) is 10.0. The Kier molecular flexibility index (Phi) is 10.2. The molecule has 172 valence electrons. The van der Waals surface area contributed by atoms with Gasteiger partial charge in [-0.25, -0.2) is 0 Å². The third-order valence-electron chi connectivity index (χ3n) is 5.63. The molecule has 1 rings (SSSR count). The van der Waals surface area contributed by atoms with Crippen molar-refractivity contribution in [3.63, 3.8) is 0 Å². The molecule has 0 N–H and O–H groups in total. The highest BCUT2D eigenvalue weighted by atomic mass is 16.6. The Balaban J connectivity index is 3.37. The van der Waals surface area contributed by atoms with Crippen molar-refractivity contribution in [2.75, 3.05) is 28.4 Å². The standard InChI is InChI=1S/C23H32O8/c1-17-11-10-15-22(18(24)28-2,19(25)29-3)13-8-6-7-9-14-23(16-12-17,20(26)30-4)21(27)31-5/h6-9,11H,10,12-16H2,1-5H3/b8-6+,9-7+,17-11+. The van der Waals surface area contributed by atoms with Crippen LogP contribution in [0.1, 0.15) is 45.4 Å². The molecular formula is C23H32O8. The molecule has 0 saturated carbocycles. The Morgan fingerprint density at radius 3 is 1.48 bits per heavy atom. The molecular weight excluding hydrogens is 404 g/mol. The molecule has 0 bridgehead atoms. The third kappa shape index (κ3) is 6.06. The Morgan fingerprint density at radius 2 is 1.10 bits per heavy atom. The van der Waals surface area contributed by atoms with Crippen molar-refractivity contribution < 1.29 is 38.1 Å². The number of rotatable bonds is 4. The predicted octanol–water partition coefficient (Wildman–Crippen LogP) is 3.06. The molecule has 0 amide bonds. The summed E-state index contributed by atoms with van der Waals surface area (Å²) in [6.07, 6.45) is 9.88. The summed E-state index contributed by atoms with van der Waals surface area (Å²) in [5.41, 5.74) is -2.00. The lowest BCUT2D eigenvalue weighted by Crippen LogP contribution is -2.41. The van der Waals surface area contributed by atoms with Crippen molar-refractivity contribution in [1.82, 2.24) is 0 Å². The molecule has 0 heterocycles. The van der Waals surface area contributed by atoms with Gasteiger partial charge in [0.2, 0.25) is 0 Å². The van der Waals surface area contributed by atoms with Crippen LogP contribution in [0.25, 0.3) is 0 Å². The number of hydrogen-bond acceptors (Lipinski definition) is 8. The summed E-state index contributed by atoms with van der Waals surface area (Å²) in [6, 6.07) is 0. The fourth-order valence-corrected chi connectivity index (χ4v) is 3.67. The van der Waals surface area contributed by atoms with Gasteiger partial charge in [-0.05, 0) is 45.4 Å². The van der Waals surface area contributed by atoms with E-state index < -0.39 is 34.7 Å². The molecule has 0 unspecified atom stereocenters. The quantitative estimate of drug-likeness (QED) is 0.287. The van der Waals surface area contributed by atoms with E-state index in [-0.39, 0.29) is 25.7 Å². The number of carbonyl (C=O) groups excluding carboxylic acids is 4.